The molecule has 0 unspecified atom stereocenters. The van der Waals surface area contributed by atoms with E-state index in [0.717, 1.165) is 56.0 Å². The zero-order chi connectivity index (χ0) is 16.5. The van der Waals surface area contributed by atoms with Gasteiger partial charge in [0.05, 0.1) is 12.9 Å². The van der Waals surface area contributed by atoms with Crippen LogP contribution in [-0.4, -0.2) is 56.0 Å². The van der Waals surface area contributed by atoms with Gasteiger partial charge < -0.3 is 14.9 Å². The third-order valence-electron chi connectivity index (χ3n) is 4.97. The Labute approximate surface area is 141 Å². The standard InChI is InChI=1S/C17H24N6O/c1-12-16(20-11-19-12)17-18-6-9-23(17)14-4-7-22(8-5-14)10-15(24)21-13-2-3-13/h6,9,11,13-14H,2-5,7-8,10H2,1H3,(H,19,20)(H,21,24). The number of carbonyl (C=O) groups excluding carboxylic acids is 1. The van der Waals surface area contributed by atoms with Crippen LogP contribution in [0.15, 0.2) is 18.7 Å². The normalized spacial score (nSPS) is 19.5. The highest BCUT2D eigenvalue weighted by molar-refractivity contribution is 5.78. The first-order chi connectivity index (χ1) is 11.7. The van der Waals surface area contributed by atoms with E-state index in [1.165, 1.54) is 0 Å². The lowest BCUT2D eigenvalue weighted by Crippen LogP contribution is -2.42. The van der Waals surface area contributed by atoms with E-state index in [-0.39, 0.29) is 5.91 Å². The third-order valence-corrected chi connectivity index (χ3v) is 4.97. The van der Waals surface area contributed by atoms with E-state index < -0.39 is 0 Å². The lowest BCUT2D eigenvalue weighted by atomic mass is 10.0. The smallest absolute Gasteiger partial charge is 0.234 e. The van der Waals surface area contributed by atoms with Crippen LogP contribution < -0.4 is 5.32 Å². The molecule has 0 aromatic carbocycles. The van der Waals surface area contributed by atoms with Gasteiger partial charge in [-0.1, -0.05) is 0 Å². The van der Waals surface area contributed by atoms with Gasteiger partial charge in [-0.25, -0.2) is 9.97 Å². The molecule has 2 aromatic heterocycles. The summed E-state index contributed by atoms with van der Waals surface area (Å²) in [5.41, 5.74) is 1.96. The first-order valence-corrected chi connectivity index (χ1v) is 8.75. The maximum absolute atomic E-state index is 11.9. The van der Waals surface area contributed by atoms with Gasteiger partial charge in [-0.05, 0) is 32.6 Å². The topological polar surface area (TPSA) is 78.8 Å². The molecule has 2 fully saturated rings. The average Bonchev–Trinajstić information content (AvgIpc) is 3.08. The van der Waals surface area contributed by atoms with Gasteiger partial charge in [0, 0.05) is 43.3 Å². The van der Waals surface area contributed by atoms with E-state index in [1.807, 2.05) is 19.3 Å². The number of carbonyl (C=O) groups is 1. The van der Waals surface area contributed by atoms with Crippen LogP contribution in [0.5, 0.6) is 0 Å². The Morgan fingerprint density at radius 2 is 2.08 bits per heavy atom. The molecule has 128 valence electrons. The molecule has 7 heteroatoms. The molecule has 7 nitrogen and oxygen atoms in total. The van der Waals surface area contributed by atoms with Gasteiger partial charge in [0.1, 0.15) is 5.69 Å². The van der Waals surface area contributed by atoms with E-state index in [1.54, 1.807) is 6.33 Å². The second kappa shape index (κ2) is 6.39. The predicted molar refractivity (Wildman–Crippen MR) is 90.4 cm³/mol. The lowest BCUT2D eigenvalue weighted by molar-refractivity contribution is -0.122. The molecule has 2 aliphatic rings. The van der Waals surface area contributed by atoms with Crippen LogP contribution in [0.25, 0.3) is 11.5 Å². The maximum Gasteiger partial charge on any atom is 0.234 e. The summed E-state index contributed by atoms with van der Waals surface area (Å²) in [5.74, 6) is 1.10. The molecule has 2 N–H and O–H groups in total. The Balaban J connectivity index is 1.37. The monoisotopic (exact) mass is 328 g/mol. The molecule has 1 aliphatic carbocycles. The predicted octanol–water partition coefficient (Wildman–Crippen LogP) is 1.50. The number of aromatic nitrogens is 4. The van der Waals surface area contributed by atoms with Gasteiger partial charge in [0.2, 0.25) is 5.91 Å². The first kappa shape index (κ1) is 15.4. The largest absolute Gasteiger partial charge is 0.352 e. The molecule has 0 bridgehead atoms. The summed E-state index contributed by atoms with van der Waals surface area (Å²) in [6.07, 6.45) is 9.95. The average molecular weight is 328 g/mol. The number of aromatic amines is 1. The number of H-pyrrole nitrogens is 1. The van der Waals surface area contributed by atoms with Crippen molar-refractivity contribution in [2.45, 2.75) is 44.7 Å². The van der Waals surface area contributed by atoms with Gasteiger partial charge in [-0.2, -0.15) is 0 Å². The van der Waals surface area contributed by atoms with Crippen molar-refractivity contribution in [3.05, 3.63) is 24.4 Å². The molecule has 1 aliphatic heterocycles. The third kappa shape index (κ3) is 3.21. The second-order valence-electron chi connectivity index (χ2n) is 6.88. The molecule has 2 aromatic rings. The van der Waals surface area contributed by atoms with E-state index in [9.17, 15) is 4.79 Å². The molecule has 0 atom stereocenters. The van der Waals surface area contributed by atoms with Crippen LogP contribution in [0.2, 0.25) is 0 Å². The van der Waals surface area contributed by atoms with Gasteiger partial charge >= 0.3 is 0 Å². The highest BCUT2D eigenvalue weighted by atomic mass is 16.2. The van der Waals surface area contributed by atoms with Crippen LogP contribution >= 0.6 is 0 Å². The van der Waals surface area contributed by atoms with Crippen molar-refractivity contribution < 1.29 is 4.79 Å². The molecular formula is C17H24N6O. The summed E-state index contributed by atoms with van der Waals surface area (Å²) in [4.78, 5) is 26.2. The SMILES string of the molecule is Cc1[nH]cnc1-c1nccn1C1CCN(CC(=O)NC2CC2)CC1. The highest BCUT2D eigenvalue weighted by Gasteiger charge is 2.27. The second-order valence-corrected chi connectivity index (χ2v) is 6.88. The van der Waals surface area contributed by atoms with Crippen LogP contribution in [0, 0.1) is 6.92 Å². The summed E-state index contributed by atoms with van der Waals surface area (Å²) in [7, 11) is 0. The van der Waals surface area contributed by atoms with Gasteiger partial charge in [-0.15, -0.1) is 0 Å². The van der Waals surface area contributed by atoms with Crippen molar-refractivity contribution in [2.24, 2.45) is 0 Å². The molecule has 0 radical (unpaired) electrons. The highest BCUT2D eigenvalue weighted by Crippen LogP contribution is 2.28. The fraction of sp³-hybridized carbons (Fsp3) is 0.588. The van der Waals surface area contributed by atoms with Crippen LogP contribution in [0.1, 0.15) is 37.4 Å². The number of likely N-dealkylation sites (tertiary alicyclic amines) is 1. The van der Waals surface area contributed by atoms with Gasteiger partial charge in [-0.3, -0.25) is 9.69 Å². The zero-order valence-corrected chi connectivity index (χ0v) is 14.0. The minimum Gasteiger partial charge on any atom is -0.352 e. The van der Waals surface area contributed by atoms with E-state index in [2.05, 4.69) is 29.7 Å². The number of nitrogens with zero attached hydrogens (tertiary/aromatic N) is 4. The number of hydrogen-bond acceptors (Lipinski definition) is 4. The molecule has 0 spiro atoms. The summed E-state index contributed by atoms with van der Waals surface area (Å²) in [6, 6.07) is 0.863. The van der Waals surface area contributed by atoms with E-state index in [0.29, 0.717) is 18.6 Å². The van der Waals surface area contributed by atoms with Gasteiger partial charge in [0.15, 0.2) is 5.82 Å². The molecule has 1 saturated carbocycles. The van der Waals surface area contributed by atoms with Crippen molar-refractivity contribution in [3.63, 3.8) is 0 Å². The number of rotatable bonds is 5. The lowest BCUT2D eigenvalue weighted by Gasteiger charge is -2.32. The maximum atomic E-state index is 11.9. The fourth-order valence-electron chi connectivity index (χ4n) is 3.44. The Morgan fingerprint density at radius 3 is 2.75 bits per heavy atom. The Bertz CT molecular complexity index is 708. The quantitative estimate of drug-likeness (QED) is 0.872. The summed E-state index contributed by atoms with van der Waals surface area (Å²) >= 11 is 0. The Morgan fingerprint density at radius 1 is 1.29 bits per heavy atom. The number of amides is 1. The van der Waals surface area contributed by atoms with E-state index in [4.69, 9.17) is 0 Å². The number of hydrogen-bond donors (Lipinski definition) is 2. The van der Waals surface area contributed by atoms with Gasteiger partial charge in [0.25, 0.3) is 0 Å². The number of piperidine rings is 1. The fourth-order valence-corrected chi connectivity index (χ4v) is 3.44. The van der Waals surface area contributed by atoms with Crippen LogP contribution in [-0.2, 0) is 4.79 Å². The van der Waals surface area contributed by atoms with Crippen LogP contribution in [0.3, 0.4) is 0 Å². The Kier molecular flexibility index (Phi) is 4.10. The van der Waals surface area contributed by atoms with Crippen molar-refractivity contribution in [3.8, 4) is 11.5 Å². The number of aryl methyl sites for hydroxylation is 1. The molecule has 1 saturated heterocycles. The first-order valence-electron chi connectivity index (χ1n) is 8.75. The summed E-state index contributed by atoms with van der Waals surface area (Å²) < 4.78 is 2.24. The summed E-state index contributed by atoms with van der Waals surface area (Å²) in [5, 5.41) is 3.07. The minimum absolute atomic E-state index is 0.173. The van der Waals surface area contributed by atoms with Crippen LogP contribution in [0.4, 0.5) is 0 Å². The number of imidazole rings is 2. The van der Waals surface area contributed by atoms with Crippen molar-refractivity contribution >= 4 is 5.91 Å². The minimum atomic E-state index is 0.173. The molecule has 3 heterocycles. The van der Waals surface area contributed by atoms with E-state index >= 15 is 0 Å². The van der Waals surface area contributed by atoms with Crippen molar-refractivity contribution in [1.82, 2.24) is 29.7 Å². The van der Waals surface area contributed by atoms with Crippen molar-refractivity contribution in [1.29, 1.82) is 0 Å². The molecular weight excluding hydrogens is 304 g/mol. The Hall–Kier alpha value is -2.15. The zero-order valence-electron chi connectivity index (χ0n) is 14.0. The summed E-state index contributed by atoms with van der Waals surface area (Å²) in [6.45, 7) is 4.43. The molecule has 1 amide bonds. The molecule has 24 heavy (non-hydrogen) atoms. The van der Waals surface area contributed by atoms with Crippen molar-refractivity contribution in [2.75, 3.05) is 19.6 Å². The number of nitrogens with one attached hydrogen (secondary N) is 2. The molecule has 4 rings (SSSR count).